The molecule has 1 N–H and O–H groups in total. The van der Waals surface area contributed by atoms with Crippen LogP contribution in [0.15, 0.2) is 41.8 Å². The van der Waals surface area contributed by atoms with Crippen LogP contribution in [0.4, 0.5) is 0 Å². The topological polar surface area (TPSA) is 46.5 Å². The highest BCUT2D eigenvalue weighted by Gasteiger charge is 2.22. The maximum Gasteiger partial charge on any atom is 0.312 e. The van der Waals surface area contributed by atoms with E-state index < -0.39 is 11.9 Å². The fourth-order valence-corrected chi connectivity index (χ4v) is 3.36. The van der Waals surface area contributed by atoms with Crippen LogP contribution in [-0.4, -0.2) is 17.7 Å². The van der Waals surface area contributed by atoms with E-state index in [1.165, 1.54) is 30.6 Å². The van der Waals surface area contributed by atoms with Gasteiger partial charge in [-0.15, -0.1) is 11.3 Å². The molecular weight excluding hydrogens is 308 g/mol. The quantitative estimate of drug-likeness (QED) is 0.614. The highest BCUT2D eigenvalue weighted by molar-refractivity contribution is 7.10. The minimum atomic E-state index is -0.787. The minimum Gasteiger partial charge on any atom is -0.493 e. The van der Waals surface area contributed by atoms with Crippen LogP contribution in [-0.2, 0) is 11.2 Å². The Labute approximate surface area is 141 Å². The molecular formula is C19H24O3S. The zero-order valence-corrected chi connectivity index (χ0v) is 14.3. The summed E-state index contributed by atoms with van der Waals surface area (Å²) in [7, 11) is 0. The lowest BCUT2D eigenvalue weighted by Gasteiger charge is -2.15. The van der Waals surface area contributed by atoms with Crippen LogP contribution < -0.4 is 4.74 Å². The Balaban J connectivity index is 2.02. The summed E-state index contributed by atoms with van der Waals surface area (Å²) in [4.78, 5) is 12.5. The third-order valence-electron chi connectivity index (χ3n) is 3.84. The second-order valence-electron chi connectivity index (χ2n) is 5.63. The van der Waals surface area contributed by atoms with Crippen LogP contribution >= 0.6 is 11.3 Å². The van der Waals surface area contributed by atoms with Gasteiger partial charge in [-0.2, -0.15) is 0 Å². The average Bonchev–Trinajstić information content (AvgIpc) is 3.07. The number of hydrogen-bond acceptors (Lipinski definition) is 3. The molecule has 2 rings (SSSR count). The van der Waals surface area contributed by atoms with Gasteiger partial charge in [0, 0.05) is 4.88 Å². The molecule has 124 valence electrons. The summed E-state index contributed by atoms with van der Waals surface area (Å²) in [6.45, 7) is 2.88. The number of para-hydroxylation sites is 1. The van der Waals surface area contributed by atoms with Crippen LogP contribution in [0.2, 0.25) is 0 Å². The van der Waals surface area contributed by atoms with Crippen molar-refractivity contribution in [1.82, 2.24) is 0 Å². The molecule has 1 unspecified atom stereocenters. The molecule has 1 atom stereocenters. The van der Waals surface area contributed by atoms with Crippen molar-refractivity contribution < 1.29 is 14.6 Å². The van der Waals surface area contributed by atoms with E-state index in [0.29, 0.717) is 13.0 Å². The van der Waals surface area contributed by atoms with Crippen molar-refractivity contribution >= 4 is 17.3 Å². The number of carboxylic acids is 1. The average molecular weight is 332 g/mol. The van der Waals surface area contributed by atoms with Crippen LogP contribution in [0.1, 0.15) is 49.0 Å². The minimum absolute atomic E-state index is 0.459. The number of benzene rings is 1. The predicted octanol–water partition coefficient (Wildman–Crippen LogP) is 5.12. The number of carboxylic acid groups (broad SMARTS) is 1. The van der Waals surface area contributed by atoms with Crippen LogP contribution in [0, 0.1) is 0 Å². The number of unbranched alkanes of at least 4 members (excludes halogenated alkanes) is 3. The second-order valence-corrected chi connectivity index (χ2v) is 6.61. The number of hydrogen-bond donors (Lipinski definition) is 1. The summed E-state index contributed by atoms with van der Waals surface area (Å²) in [5, 5.41) is 11.5. The first kappa shape index (κ1) is 17.5. The van der Waals surface area contributed by atoms with Crippen LogP contribution in [0.3, 0.4) is 0 Å². The summed E-state index contributed by atoms with van der Waals surface area (Å²) >= 11 is 1.49. The molecule has 2 aromatic rings. The summed E-state index contributed by atoms with van der Waals surface area (Å²) in [6, 6.07) is 11.6. The van der Waals surface area contributed by atoms with E-state index in [9.17, 15) is 9.90 Å². The molecule has 0 bridgehead atoms. The molecule has 0 spiro atoms. The van der Waals surface area contributed by atoms with Gasteiger partial charge in [0.2, 0.25) is 0 Å². The van der Waals surface area contributed by atoms with Gasteiger partial charge < -0.3 is 9.84 Å². The van der Waals surface area contributed by atoms with E-state index in [-0.39, 0.29) is 0 Å². The monoisotopic (exact) mass is 332 g/mol. The van der Waals surface area contributed by atoms with Gasteiger partial charge in [0.15, 0.2) is 0 Å². The smallest absolute Gasteiger partial charge is 0.312 e. The molecule has 4 heteroatoms. The van der Waals surface area contributed by atoms with E-state index in [2.05, 4.69) is 6.92 Å². The lowest BCUT2D eigenvalue weighted by atomic mass is 9.97. The molecule has 0 saturated carbocycles. The van der Waals surface area contributed by atoms with Gasteiger partial charge in [-0.3, -0.25) is 4.79 Å². The highest BCUT2D eigenvalue weighted by Crippen LogP contribution is 2.29. The van der Waals surface area contributed by atoms with Crippen LogP contribution in [0.25, 0.3) is 0 Å². The number of rotatable bonds is 10. The molecule has 1 heterocycles. The number of aliphatic carboxylic acids is 1. The summed E-state index contributed by atoms with van der Waals surface area (Å²) in [5.41, 5.74) is 0.962. The first-order valence-electron chi connectivity index (χ1n) is 8.19. The molecule has 0 aliphatic rings. The summed E-state index contributed by atoms with van der Waals surface area (Å²) < 4.78 is 5.89. The zero-order valence-electron chi connectivity index (χ0n) is 13.5. The number of ether oxygens (including phenoxy) is 1. The van der Waals surface area contributed by atoms with E-state index in [1.807, 2.05) is 41.8 Å². The van der Waals surface area contributed by atoms with Gasteiger partial charge in [0.1, 0.15) is 5.75 Å². The van der Waals surface area contributed by atoms with Crippen LogP contribution in [0.5, 0.6) is 5.75 Å². The number of thiophene rings is 1. The molecule has 23 heavy (non-hydrogen) atoms. The molecule has 0 aliphatic carbocycles. The van der Waals surface area contributed by atoms with Crippen molar-refractivity contribution in [2.75, 3.05) is 6.61 Å². The van der Waals surface area contributed by atoms with Gasteiger partial charge in [0.25, 0.3) is 0 Å². The molecule has 1 aromatic carbocycles. The maximum atomic E-state index is 11.6. The standard InChI is InChI=1S/C19H24O3S/c1-2-3-4-7-12-22-17-10-6-5-9-15(17)14-16(19(20)21)18-11-8-13-23-18/h5-6,8-11,13,16H,2-4,7,12,14H2,1H3,(H,20,21). The fraction of sp³-hybridized carbons (Fsp3) is 0.421. The predicted molar refractivity (Wildman–Crippen MR) is 94.5 cm³/mol. The molecule has 0 radical (unpaired) electrons. The largest absolute Gasteiger partial charge is 0.493 e. The lowest BCUT2D eigenvalue weighted by Crippen LogP contribution is -2.14. The molecule has 1 aromatic heterocycles. The third kappa shape index (κ3) is 5.39. The summed E-state index contributed by atoms with van der Waals surface area (Å²) in [6.07, 6.45) is 5.10. The first-order valence-corrected chi connectivity index (χ1v) is 9.07. The van der Waals surface area contributed by atoms with Crippen molar-refractivity contribution in [3.63, 3.8) is 0 Å². The van der Waals surface area contributed by atoms with E-state index in [4.69, 9.17) is 4.74 Å². The Kier molecular flexibility index (Phi) is 7.14. The van der Waals surface area contributed by atoms with Crippen molar-refractivity contribution in [1.29, 1.82) is 0 Å². The van der Waals surface area contributed by atoms with Gasteiger partial charge in [-0.05, 0) is 35.9 Å². The fourth-order valence-electron chi connectivity index (χ4n) is 2.54. The highest BCUT2D eigenvalue weighted by atomic mass is 32.1. The normalized spacial score (nSPS) is 12.0. The Morgan fingerprint density at radius 1 is 1.17 bits per heavy atom. The van der Waals surface area contributed by atoms with Crippen molar-refractivity contribution in [2.45, 2.75) is 44.9 Å². The molecule has 3 nitrogen and oxygen atoms in total. The summed E-state index contributed by atoms with van der Waals surface area (Å²) in [5.74, 6) is -0.489. The van der Waals surface area contributed by atoms with Crippen molar-refractivity contribution in [3.05, 3.63) is 52.2 Å². The Bertz CT molecular complexity index is 592. The molecule has 0 aliphatic heterocycles. The SMILES string of the molecule is CCCCCCOc1ccccc1CC(C(=O)O)c1cccs1. The molecule has 0 amide bonds. The van der Waals surface area contributed by atoms with Gasteiger partial charge >= 0.3 is 5.97 Å². The number of carbonyl (C=O) groups is 1. The van der Waals surface area contributed by atoms with Crippen molar-refractivity contribution in [3.8, 4) is 5.75 Å². The van der Waals surface area contributed by atoms with Gasteiger partial charge in [0.05, 0.1) is 12.5 Å². The Morgan fingerprint density at radius 2 is 2.00 bits per heavy atom. The third-order valence-corrected chi connectivity index (χ3v) is 4.82. The van der Waals surface area contributed by atoms with E-state index in [1.54, 1.807) is 0 Å². The van der Waals surface area contributed by atoms with Gasteiger partial charge in [-0.1, -0.05) is 50.5 Å². The maximum absolute atomic E-state index is 11.6. The molecule has 0 saturated heterocycles. The van der Waals surface area contributed by atoms with E-state index >= 15 is 0 Å². The Morgan fingerprint density at radius 3 is 2.70 bits per heavy atom. The zero-order chi connectivity index (χ0) is 16.5. The molecule has 0 fully saturated rings. The van der Waals surface area contributed by atoms with Gasteiger partial charge in [-0.25, -0.2) is 0 Å². The van der Waals surface area contributed by atoms with Crippen molar-refractivity contribution in [2.24, 2.45) is 0 Å². The van der Waals surface area contributed by atoms with E-state index in [0.717, 1.165) is 22.6 Å². The Hall–Kier alpha value is -1.81. The first-order chi connectivity index (χ1) is 11.2. The lowest BCUT2D eigenvalue weighted by molar-refractivity contribution is -0.138. The second kappa shape index (κ2) is 9.36.